The SMILES string of the molecule is CN(Cc1ccccc1Br)C(=O)c1cc(I)ccc1O. The maximum Gasteiger partial charge on any atom is 0.257 e. The van der Waals surface area contributed by atoms with E-state index in [1.54, 1.807) is 30.1 Å². The highest BCUT2D eigenvalue weighted by Gasteiger charge is 2.17. The molecule has 0 saturated carbocycles. The first-order valence-electron chi connectivity index (χ1n) is 5.96. The Kier molecular flexibility index (Phi) is 5.04. The van der Waals surface area contributed by atoms with Crippen LogP contribution in [-0.4, -0.2) is 23.0 Å². The van der Waals surface area contributed by atoms with Crippen LogP contribution in [0.4, 0.5) is 0 Å². The smallest absolute Gasteiger partial charge is 0.257 e. The van der Waals surface area contributed by atoms with E-state index in [4.69, 9.17) is 0 Å². The van der Waals surface area contributed by atoms with Gasteiger partial charge in [0.1, 0.15) is 5.75 Å². The van der Waals surface area contributed by atoms with Crippen molar-refractivity contribution in [2.24, 2.45) is 0 Å². The van der Waals surface area contributed by atoms with E-state index in [2.05, 4.69) is 38.5 Å². The summed E-state index contributed by atoms with van der Waals surface area (Å²) in [4.78, 5) is 14.0. The topological polar surface area (TPSA) is 40.5 Å². The molecule has 0 fully saturated rings. The number of hydrogen-bond acceptors (Lipinski definition) is 2. The van der Waals surface area contributed by atoms with E-state index in [1.807, 2.05) is 24.3 Å². The average Bonchev–Trinajstić information content (AvgIpc) is 2.43. The lowest BCUT2D eigenvalue weighted by molar-refractivity contribution is 0.0781. The first-order chi connectivity index (χ1) is 9.49. The maximum atomic E-state index is 12.4. The van der Waals surface area contributed by atoms with Gasteiger partial charge >= 0.3 is 0 Å². The molecule has 3 nitrogen and oxygen atoms in total. The van der Waals surface area contributed by atoms with Crippen molar-refractivity contribution in [2.75, 3.05) is 7.05 Å². The third-order valence-corrected chi connectivity index (χ3v) is 4.35. The van der Waals surface area contributed by atoms with Gasteiger partial charge in [-0.05, 0) is 52.4 Å². The number of carbonyl (C=O) groups excluding carboxylic acids is 1. The van der Waals surface area contributed by atoms with E-state index in [9.17, 15) is 9.90 Å². The molecule has 2 rings (SSSR count). The highest BCUT2D eigenvalue weighted by Crippen LogP contribution is 2.23. The standard InChI is InChI=1S/C15H13BrINO2/c1-18(9-10-4-2-3-5-13(10)16)15(20)12-8-11(17)6-7-14(12)19/h2-8,19H,9H2,1H3. The quantitative estimate of drug-likeness (QED) is 0.724. The fourth-order valence-corrected chi connectivity index (χ4v) is 2.74. The van der Waals surface area contributed by atoms with Gasteiger partial charge in [-0.15, -0.1) is 0 Å². The van der Waals surface area contributed by atoms with Gasteiger partial charge in [-0.3, -0.25) is 4.79 Å². The van der Waals surface area contributed by atoms with E-state index >= 15 is 0 Å². The summed E-state index contributed by atoms with van der Waals surface area (Å²) in [6.45, 7) is 0.477. The average molecular weight is 446 g/mol. The normalized spacial score (nSPS) is 10.3. The van der Waals surface area contributed by atoms with Gasteiger partial charge in [0.25, 0.3) is 5.91 Å². The Bertz CT molecular complexity index is 646. The molecule has 1 amide bonds. The zero-order valence-electron chi connectivity index (χ0n) is 10.8. The number of phenolic OH excluding ortho intramolecular Hbond substituents is 1. The minimum absolute atomic E-state index is 0.00870. The van der Waals surface area contributed by atoms with Crippen molar-refractivity contribution < 1.29 is 9.90 Å². The molecule has 5 heteroatoms. The number of halogens is 2. The van der Waals surface area contributed by atoms with E-state index in [0.717, 1.165) is 13.6 Å². The van der Waals surface area contributed by atoms with Gasteiger partial charge in [0.15, 0.2) is 0 Å². The monoisotopic (exact) mass is 445 g/mol. The molecule has 104 valence electrons. The van der Waals surface area contributed by atoms with E-state index in [-0.39, 0.29) is 11.7 Å². The first kappa shape index (κ1) is 15.3. The van der Waals surface area contributed by atoms with Crippen LogP contribution in [0.2, 0.25) is 0 Å². The van der Waals surface area contributed by atoms with Crippen molar-refractivity contribution in [3.63, 3.8) is 0 Å². The van der Waals surface area contributed by atoms with Crippen LogP contribution in [0.5, 0.6) is 5.75 Å². The molecule has 20 heavy (non-hydrogen) atoms. The van der Waals surface area contributed by atoms with Crippen molar-refractivity contribution in [3.8, 4) is 5.75 Å². The minimum atomic E-state index is -0.197. The number of nitrogens with zero attached hydrogens (tertiary/aromatic N) is 1. The third-order valence-electron chi connectivity index (χ3n) is 2.90. The van der Waals surface area contributed by atoms with Crippen LogP contribution < -0.4 is 0 Å². The zero-order valence-corrected chi connectivity index (χ0v) is 14.6. The van der Waals surface area contributed by atoms with Crippen molar-refractivity contribution in [3.05, 3.63) is 61.6 Å². The maximum absolute atomic E-state index is 12.4. The number of phenols is 1. The summed E-state index contributed by atoms with van der Waals surface area (Å²) in [5, 5.41) is 9.81. The van der Waals surface area contributed by atoms with Crippen LogP contribution in [0.1, 0.15) is 15.9 Å². The van der Waals surface area contributed by atoms with Gasteiger partial charge in [-0.25, -0.2) is 0 Å². The second-order valence-electron chi connectivity index (χ2n) is 4.41. The molecule has 0 bridgehead atoms. The molecule has 0 unspecified atom stereocenters. The summed E-state index contributed by atoms with van der Waals surface area (Å²) in [5.41, 5.74) is 1.35. The largest absolute Gasteiger partial charge is 0.507 e. The Labute approximate surface area is 139 Å². The Balaban J connectivity index is 2.21. The van der Waals surface area contributed by atoms with E-state index < -0.39 is 0 Å². The Morgan fingerprint density at radius 3 is 2.70 bits per heavy atom. The predicted molar refractivity (Wildman–Crippen MR) is 90.8 cm³/mol. The lowest BCUT2D eigenvalue weighted by Gasteiger charge is -2.19. The van der Waals surface area contributed by atoms with Crippen LogP contribution in [-0.2, 0) is 6.54 Å². The Morgan fingerprint density at radius 1 is 1.30 bits per heavy atom. The summed E-state index contributed by atoms with van der Waals surface area (Å²) < 4.78 is 1.88. The molecule has 0 aliphatic rings. The molecule has 0 radical (unpaired) electrons. The zero-order chi connectivity index (χ0) is 14.7. The fraction of sp³-hybridized carbons (Fsp3) is 0.133. The molecule has 0 saturated heterocycles. The van der Waals surface area contributed by atoms with Gasteiger partial charge in [-0.2, -0.15) is 0 Å². The van der Waals surface area contributed by atoms with Crippen molar-refractivity contribution >= 4 is 44.4 Å². The summed E-state index contributed by atoms with van der Waals surface area (Å²) in [5.74, 6) is -0.189. The van der Waals surface area contributed by atoms with Crippen LogP contribution >= 0.6 is 38.5 Å². The van der Waals surface area contributed by atoms with E-state index in [1.165, 1.54) is 0 Å². The number of hydrogen-bond donors (Lipinski definition) is 1. The number of rotatable bonds is 3. The molecular weight excluding hydrogens is 433 g/mol. The molecule has 2 aromatic carbocycles. The highest BCUT2D eigenvalue weighted by atomic mass is 127. The van der Waals surface area contributed by atoms with Crippen molar-refractivity contribution in [1.29, 1.82) is 0 Å². The molecule has 0 heterocycles. The number of carbonyl (C=O) groups is 1. The predicted octanol–water partition coefficient (Wildman–Crippen LogP) is 4.03. The summed E-state index contributed by atoms with van der Waals surface area (Å²) in [6, 6.07) is 12.8. The van der Waals surface area contributed by atoms with Crippen LogP contribution in [0.15, 0.2) is 46.9 Å². The lowest BCUT2D eigenvalue weighted by Crippen LogP contribution is -2.26. The molecular formula is C15H13BrINO2. The molecule has 0 atom stereocenters. The molecule has 0 aromatic heterocycles. The Morgan fingerprint density at radius 2 is 2.00 bits per heavy atom. The number of amides is 1. The second kappa shape index (κ2) is 6.58. The van der Waals surface area contributed by atoms with Crippen molar-refractivity contribution in [1.82, 2.24) is 4.90 Å². The minimum Gasteiger partial charge on any atom is -0.507 e. The van der Waals surface area contributed by atoms with Gasteiger partial charge in [0.05, 0.1) is 5.56 Å². The molecule has 0 aliphatic carbocycles. The molecule has 1 N–H and O–H groups in total. The second-order valence-corrected chi connectivity index (χ2v) is 6.51. The summed E-state index contributed by atoms with van der Waals surface area (Å²) >= 11 is 5.59. The third kappa shape index (κ3) is 3.52. The summed E-state index contributed by atoms with van der Waals surface area (Å²) in [6.07, 6.45) is 0. The summed E-state index contributed by atoms with van der Waals surface area (Å²) in [7, 11) is 1.72. The molecule has 0 aliphatic heterocycles. The molecule has 0 spiro atoms. The first-order valence-corrected chi connectivity index (χ1v) is 7.83. The fourth-order valence-electron chi connectivity index (χ4n) is 1.84. The van der Waals surface area contributed by atoms with Gasteiger partial charge < -0.3 is 10.0 Å². The highest BCUT2D eigenvalue weighted by molar-refractivity contribution is 14.1. The lowest BCUT2D eigenvalue weighted by atomic mass is 10.1. The molecule has 2 aromatic rings. The van der Waals surface area contributed by atoms with E-state index in [0.29, 0.717) is 12.1 Å². The number of benzene rings is 2. The number of aromatic hydroxyl groups is 1. The Hall–Kier alpha value is -1.08. The van der Waals surface area contributed by atoms with Crippen molar-refractivity contribution in [2.45, 2.75) is 6.54 Å². The van der Waals surface area contributed by atoms with Crippen LogP contribution in [0.25, 0.3) is 0 Å². The van der Waals surface area contributed by atoms with Crippen LogP contribution in [0, 0.1) is 3.57 Å². The van der Waals surface area contributed by atoms with Crippen LogP contribution in [0.3, 0.4) is 0 Å². The van der Waals surface area contributed by atoms with Gasteiger partial charge in [0, 0.05) is 21.6 Å². The van der Waals surface area contributed by atoms with Gasteiger partial charge in [0.2, 0.25) is 0 Å². The van der Waals surface area contributed by atoms with Gasteiger partial charge in [-0.1, -0.05) is 34.1 Å².